The van der Waals surface area contributed by atoms with Crippen LogP contribution >= 0.6 is 0 Å². The molecule has 1 N–H and O–H groups in total. The molecule has 2 aromatic carbocycles. The number of ether oxygens (including phenoxy) is 3. The van der Waals surface area contributed by atoms with Crippen LogP contribution in [0.3, 0.4) is 0 Å². The molecule has 1 aliphatic heterocycles. The molecule has 2 unspecified atom stereocenters. The fraction of sp³-hybridized carbons (Fsp3) is 0.478. The fourth-order valence-electron chi connectivity index (χ4n) is 3.39. The van der Waals surface area contributed by atoms with E-state index in [0.29, 0.717) is 19.7 Å². The highest BCUT2D eigenvalue weighted by atomic mass is 16.6. The summed E-state index contributed by atoms with van der Waals surface area (Å²) in [5, 5.41) is 10.4. The first-order valence-corrected chi connectivity index (χ1v) is 9.80. The Hall–Kier alpha value is -2.24. The standard InChI is InChI=1S/C23H31NO4/c1-23(2,3)19-9-5-6-10-20(19)26-15-17(25)13-24(4)14-18-16-27-21-11-7-8-12-22(21)28-18/h5-12,17-18,25H,13-16H2,1-4H3. The Morgan fingerprint density at radius 3 is 2.54 bits per heavy atom. The Morgan fingerprint density at radius 2 is 1.79 bits per heavy atom. The highest BCUT2D eigenvalue weighted by Gasteiger charge is 2.23. The van der Waals surface area contributed by atoms with Crippen molar-refractivity contribution in [2.45, 2.75) is 38.4 Å². The van der Waals surface area contributed by atoms with Gasteiger partial charge in [-0.15, -0.1) is 0 Å². The van der Waals surface area contributed by atoms with Gasteiger partial charge in [-0.1, -0.05) is 51.1 Å². The summed E-state index contributed by atoms with van der Waals surface area (Å²) in [6, 6.07) is 15.7. The summed E-state index contributed by atoms with van der Waals surface area (Å²) in [5.41, 5.74) is 1.13. The van der Waals surface area contributed by atoms with Crippen molar-refractivity contribution in [1.29, 1.82) is 0 Å². The van der Waals surface area contributed by atoms with Gasteiger partial charge in [0.15, 0.2) is 11.5 Å². The maximum absolute atomic E-state index is 10.4. The molecule has 2 aromatic rings. The molecule has 0 spiro atoms. The minimum Gasteiger partial charge on any atom is -0.491 e. The Bertz CT molecular complexity index is 771. The van der Waals surface area contributed by atoms with Gasteiger partial charge in [-0.2, -0.15) is 0 Å². The normalized spacial score (nSPS) is 17.4. The average molecular weight is 386 g/mol. The molecule has 3 rings (SSSR count). The number of likely N-dealkylation sites (N-methyl/N-ethyl adjacent to an activating group) is 1. The molecule has 152 valence electrons. The highest BCUT2D eigenvalue weighted by molar-refractivity contribution is 5.40. The van der Waals surface area contributed by atoms with E-state index in [9.17, 15) is 5.11 Å². The van der Waals surface area contributed by atoms with Crippen molar-refractivity contribution in [3.63, 3.8) is 0 Å². The van der Waals surface area contributed by atoms with Gasteiger partial charge in [-0.25, -0.2) is 0 Å². The van der Waals surface area contributed by atoms with E-state index in [0.717, 1.165) is 22.8 Å². The van der Waals surface area contributed by atoms with Crippen LogP contribution in [0.4, 0.5) is 0 Å². The monoisotopic (exact) mass is 385 g/mol. The van der Waals surface area contributed by atoms with Crippen LogP contribution in [-0.4, -0.2) is 55.6 Å². The van der Waals surface area contributed by atoms with E-state index in [4.69, 9.17) is 14.2 Å². The number of fused-ring (bicyclic) bond motifs is 1. The van der Waals surface area contributed by atoms with Gasteiger partial charge in [0, 0.05) is 13.1 Å². The largest absolute Gasteiger partial charge is 0.491 e. The number of nitrogens with zero attached hydrogens (tertiary/aromatic N) is 1. The minimum atomic E-state index is -0.588. The number of hydrogen-bond acceptors (Lipinski definition) is 5. The highest BCUT2D eigenvalue weighted by Crippen LogP contribution is 2.32. The summed E-state index contributed by atoms with van der Waals surface area (Å²) in [7, 11) is 1.97. The van der Waals surface area contributed by atoms with E-state index >= 15 is 0 Å². The predicted octanol–water partition coefficient (Wildman–Crippen LogP) is 3.50. The van der Waals surface area contributed by atoms with Crippen molar-refractivity contribution in [3.05, 3.63) is 54.1 Å². The zero-order chi connectivity index (χ0) is 20.1. The van der Waals surface area contributed by atoms with Gasteiger partial charge in [-0.05, 0) is 36.2 Å². The lowest BCUT2D eigenvalue weighted by molar-refractivity contribution is 0.0371. The van der Waals surface area contributed by atoms with E-state index in [1.165, 1.54) is 0 Å². The lowest BCUT2D eigenvalue weighted by Crippen LogP contribution is -2.42. The Morgan fingerprint density at radius 1 is 1.11 bits per heavy atom. The van der Waals surface area contributed by atoms with Crippen molar-refractivity contribution in [2.75, 3.05) is 33.4 Å². The van der Waals surface area contributed by atoms with Gasteiger partial charge in [-0.3, -0.25) is 4.90 Å². The molecular weight excluding hydrogens is 354 g/mol. The van der Waals surface area contributed by atoms with E-state index in [2.05, 4.69) is 26.8 Å². The molecule has 0 bridgehead atoms. The van der Waals surface area contributed by atoms with Gasteiger partial charge in [0.05, 0.1) is 0 Å². The number of benzene rings is 2. The first-order valence-electron chi connectivity index (χ1n) is 9.80. The molecule has 0 radical (unpaired) electrons. The van der Waals surface area contributed by atoms with Crippen LogP contribution in [0.15, 0.2) is 48.5 Å². The summed E-state index contributed by atoms with van der Waals surface area (Å²) < 4.78 is 17.7. The zero-order valence-corrected chi connectivity index (χ0v) is 17.2. The molecule has 0 saturated heterocycles. The molecule has 0 aromatic heterocycles. The number of para-hydroxylation sites is 3. The maximum atomic E-state index is 10.4. The third-order valence-corrected chi connectivity index (χ3v) is 4.73. The molecule has 1 heterocycles. The van der Waals surface area contributed by atoms with Gasteiger partial charge in [0.1, 0.15) is 31.2 Å². The van der Waals surface area contributed by atoms with Gasteiger partial charge < -0.3 is 19.3 Å². The van der Waals surface area contributed by atoms with Gasteiger partial charge >= 0.3 is 0 Å². The second-order valence-corrected chi connectivity index (χ2v) is 8.43. The molecule has 1 aliphatic rings. The lowest BCUT2D eigenvalue weighted by Gasteiger charge is -2.30. The number of aliphatic hydroxyl groups excluding tert-OH is 1. The number of aliphatic hydroxyl groups is 1. The van der Waals surface area contributed by atoms with Crippen LogP contribution in [0.25, 0.3) is 0 Å². The molecule has 0 aliphatic carbocycles. The van der Waals surface area contributed by atoms with Crippen LogP contribution in [-0.2, 0) is 5.41 Å². The second kappa shape index (κ2) is 8.84. The van der Waals surface area contributed by atoms with Crippen molar-refractivity contribution in [3.8, 4) is 17.2 Å². The third kappa shape index (κ3) is 5.40. The van der Waals surface area contributed by atoms with Crippen LogP contribution in [0, 0.1) is 0 Å². The molecule has 0 saturated carbocycles. The quantitative estimate of drug-likeness (QED) is 0.791. The zero-order valence-electron chi connectivity index (χ0n) is 17.2. The molecule has 0 fully saturated rings. The van der Waals surface area contributed by atoms with Crippen molar-refractivity contribution < 1.29 is 19.3 Å². The van der Waals surface area contributed by atoms with Crippen LogP contribution < -0.4 is 14.2 Å². The second-order valence-electron chi connectivity index (χ2n) is 8.43. The molecular formula is C23H31NO4. The Kier molecular flexibility index (Phi) is 6.47. The summed E-state index contributed by atoms with van der Waals surface area (Å²) in [5.74, 6) is 2.39. The lowest BCUT2D eigenvalue weighted by atomic mass is 9.86. The van der Waals surface area contributed by atoms with Gasteiger partial charge in [0.2, 0.25) is 0 Å². The van der Waals surface area contributed by atoms with Crippen molar-refractivity contribution in [2.24, 2.45) is 0 Å². The van der Waals surface area contributed by atoms with E-state index in [-0.39, 0.29) is 18.1 Å². The van der Waals surface area contributed by atoms with E-state index in [1.807, 2.05) is 54.4 Å². The first kappa shape index (κ1) is 20.5. The summed E-state index contributed by atoms with van der Waals surface area (Å²) >= 11 is 0. The molecule has 5 nitrogen and oxygen atoms in total. The molecule has 0 amide bonds. The van der Waals surface area contributed by atoms with Crippen LogP contribution in [0.1, 0.15) is 26.3 Å². The average Bonchev–Trinajstić information content (AvgIpc) is 2.65. The number of hydrogen-bond donors (Lipinski definition) is 1. The molecule has 28 heavy (non-hydrogen) atoms. The SMILES string of the molecule is CN(CC(O)COc1ccccc1C(C)(C)C)CC1COc2ccccc2O1. The van der Waals surface area contributed by atoms with Gasteiger partial charge in [0.25, 0.3) is 0 Å². The molecule has 2 atom stereocenters. The van der Waals surface area contributed by atoms with Crippen LogP contribution in [0.5, 0.6) is 17.2 Å². The Balaban J connectivity index is 1.47. The first-order chi connectivity index (χ1) is 13.3. The Labute approximate surface area is 167 Å². The van der Waals surface area contributed by atoms with E-state index in [1.54, 1.807) is 0 Å². The predicted molar refractivity (Wildman–Crippen MR) is 110 cm³/mol. The summed E-state index contributed by atoms with van der Waals surface area (Å²) in [4.78, 5) is 2.05. The molecule has 5 heteroatoms. The number of rotatable bonds is 7. The topological polar surface area (TPSA) is 51.2 Å². The summed E-state index contributed by atoms with van der Waals surface area (Å²) in [6.07, 6.45) is -0.649. The van der Waals surface area contributed by atoms with E-state index < -0.39 is 6.10 Å². The smallest absolute Gasteiger partial charge is 0.161 e. The van der Waals surface area contributed by atoms with Crippen molar-refractivity contribution >= 4 is 0 Å². The minimum absolute atomic E-state index is 0.00699. The van der Waals surface area contributed by atoms with Crippen molar-refractivity contribution in [1.82, 2.24) is 4.90 Å². The fourth-order valence-corrected chi connectivity index (χ4v) is 3.39. The summed E-state index contributed by atoms with van der Waals surface area (Å²) in [6.45, 7) is 8.40. The maximum Gasteiger partial charge on any atom is 0.161 e. The third-order valence-electron chi connectivity index (χ3n) is 4.73. The van der Waals surface area contributed by atoms with Crippen LogP contribution in [0.2, 0.25) is 0 Å².